The first-order valence-corrected chi connectivity index (χ1v) is 11.7. The number of carbonyl (C=O) groups is 1. The van der Waals surface area contributed by atoms with E-state index in [1.807, 2.05) is 6.07 Å². The smallest absolute Gasteiger partial charge is 0.235 e. The fraction of sp³-hybridized carbons (Fsp3) is 0.524. The van der Waals surface area contributed by atoms with Crippen molar-refractivity contribution in [3.8, 4) is 17.2 Å². The number of aromatic nitrogens is 1. The van der Waals surface area contributed by atoms with E-state index >= 15 is 0 Å². The molecule has 1 aromatic carbocycles. The summed E-state index contributed by atoms with van der Waals surface area (Å²) in [6.45, 7) is 3.77. The molecule has 0 bridgehead atoms. The van der Waals surface area contributed by atoms with Gasteiger partial charge < -0.3 is 14.5 Å². The largest absolute Gasteiger partial charge is 0.497 e. The van der Waals surface area contributed by atoms with Crippen LogP contribution in [-0.2, 0) is 20.4 Å². The van der Waals surface area contributed by atoms with Crippen LogP contribution in [0.25, 0.3) is 11.5 Å². The van der Waals surface area contributed by atoms with Crippen LogP contribution in [0.5, 0.6) is 5.75 Å². The first kappa shape index (κ1) is 21.4. The van der Waals surface area contributed by atoms with Crippen molar-refractivity contribution >= 4 is 15.7 Å². The molecule has 0 unspecified atom stereocenters. The van der Waals surface area contributed by atoms with Gasteiger partial charge in [-0.05, 0) is 43.9 Å². The highest BCUT2D eigenvalue weighted by molar-refractivity contribution is 7.91. The molecule has 0 radical (unpaired) electrons. The minimum atomic E-state index is -3.67. The van der Waals surface area contributed by atoms with E-state index in [1.54, 1.807) is 32.2 Å². The van der Waals surface area contributed by atoms with E-state index in [-0.39, 0.29) is 11.8 Å². The van der Waals surface area contributed by atoms with Crippen molar-refractivity contribution < 1.29 is 22.4 Å². The molecular weight excluding hydrogens is 392 g/mol. The lowest BCUT2D eigenvalue weighted by molar-refractivity contribution is -0.119. The van der Waals surface area contributed by atoms with Gasteiger partial charge in [-0.3, -0.25) is 4.79 Å². The highest BCUT2D eigenvalue weighted by Gasteiger charge is 2.26. The Hall–Kier alpha value is -2.35. The lowest BCUT2D eigenvalue weighted by atomic mass is 9.86. The quantitative estimate of drug-likeness (QED) is 0.738. The van der Waals surface area contributed by atoms with Crippen molar-refractivity contribution in [1.29, 1.82) is 0 Å². The summed E-state index contributed by atoms with van der Waals surface area (Å²) in [4.78, 5) is 16.6. The standard InChI is InChI=1S/C21H28N2O5S/c1-14-7-4-5-10-18(14)22-20(24)13-29(25,26)12-19-15(2)28-21(23-19)16-8-6-9-17(11-16)27-3/h6,8-9,11,14,18H,4-5,7,10,12-13H2,1-3H3,(H,22,24)/t14-,18+/m0/s1. The second kappa shape index (κ2) is 8.98. The van der Waals surface area contributed by atoms with Gasteiger partial charge in [0.15, 0.2) is 9.84 Å². The van der Waals surface area contributed by atoms with E-state index in [1.165, 1.54) is 0 Å². The topological polar surface area (TPSA) is 98.5 Å². The third-order valence-corrected chi connectivity index (χ3v) is 6.79. The first-order chi connectivity index (χ1) is 13.8. The molecule has 1 heterocycles. The summed E-state index contributed by atoms with van der Waals surface area (Å²) in [6.07, 6.45) is 4.18. The van der Waals surface area contributed by atoms with Crippen molar-refractivity contribution in [2.45, 2.75) is 51.3 Å². The Bertz CT molecular complexity index is 967. The van der Waals surface area contributed by atoms with Crippen molar-refractivity contribution in [2.24, 2.45) is 5.92 Å². The van der Waals surface area contributed by atoms with E-state index in [0.29, 0.717) is 34.6 Å². The molecule has 158 valence electrons. The SMILES string of the molecule is COc1cccc(-c2nc(CS(=O)(=O)CC(=O)N[C@@H]3CCCC[C@@H]3C)c(C)o2)c1. The maximum atomic E-state index is 12.6. The minimum Gasteiger partial charge on any atom is -0.497 e. The molecule has 1 aromatic heterocycles. The zero-order valence-electron chi connectivity index (χ0n) is 17.1. The van der Waals surface area contributed by atoms with E-state index < -0.39 is 21.5 Å². The molecule has 0 aliphatic heterocycles. The Kier molecular flexibility index (Phi) is 6.62. The monoisotopic (exact) mass is 420 g/mol. The number of carbonyl (C=O) groups excluding carboxylic acids is 1. The van der Waals surface area contributed by atoms with Gasteiger partial charge in [-0.15, -0.1) is 0 Å². The van der Waals surface area contributed by atoms with Gasteiger partial charge >= 0.3 is 0 Å². The van der Waals surface area contributed by atoms with Gasteiger partial charge in [0.05, 0.1) is 18.6 Å². The van der Waals surface area contributed by atoms with Crippen LogP contribution in [0.15, 0.2) is 28.7 Å². The highest BCUT2D eigenvalue weighted by Crippen LogP contribution is 2.26. The predicted molar refractivity (Wildman–Crippen MR) is 110 cm³/mol. The van der Waals surface area contributed by atoms with Crippen LogP contribution in [0.4, 0.5) is 0 Å². The van der Waals surface area contributed by atoms with Gasteiger partial charge in [0.2, 0.25) is 11.8 Å². The fourth-order valence-electron chi connectivity index (χ4n) is 3.68. The molecule has 7 nitrogen and oxygen atoms in total. The number of amides is 1. The third-order valence-electron chi connectivity index (χ3n) is 5.37. The van der Waals surface area contributed by atoms with Crippen molar-refractivity contribution in [3.63, 3.8) is 0 Å². The average molecular weight is 421 g/mol. The number of oxazole rings is 1. The number of sulfone groups is 1. The molecule has 0 spiro atoms. The maximum Gasteiger partial charge on any atom is 0.235 e. The van der Waals surface area contributed by atoms with Crippen LogP contribution < -0.4 is 10.1 Å². The molecule has 2 aromatic rings. The number of hydrogen-bond donors (Lipinski definition) is 1. The molecule has 1 fully saturated rings. The van der Waals surface area contributed by atoms with Crippen LogP contribution in [-0.4, -0.2) is 38.2 Å². The van der Waals surface area contributed by atoms with Gasteiger partial charge in [0.25, 0.3) is 0 Å². The summed E-state index contributed by atoms with van der Waals surface area (Å²) in [5.41, 5.74) is 1.02. The molecule has 1 N–H and O–H groups in total. The predicted octanol–water partition coefficient (Wildman–Crippen LogP) is 3.27. The summed E-state index contributed by atoms with van der Waals surface area (Å²) in [7, 11) is -2.10. The minimum absolute atomic E-state index is 0.0555. The van der Waals surface area contributed by atoms with E-state index in [9.17, 15) is 13.2 Å². The van der Waals surface area contributed by atoms with Gasteiger partial charge in [-0.1, -0.05) is 25.8 Å². The number of aryl methyl sites for hydroxylation is 1. The van der Waals surface area contributed by atoms with E-state index in [0.717, 1.165) is 25.7 Å². The molecule has 1 aliphatic rings. The summed E-state index contributed by atoms with van der Waals surface area (Å²) in [6, 6.07) is 7.24. The van der Waals surface area contributed by atoms with Gasteiger partial charge in [-0.2, -0.15) is 0 Å². The Labute approximate surface area is 171 Å². The molecule has 2 atom stereocenters. The second-order valence-electron chi connectivity index (χ2n) is 7.72. The lowest BCUT2D eigenvalue weighted by Crippen LogP contribution is -2.43. The molecule has 1 amide bonds. The van der Waals surface area contributed by atoms with Crippen molar-refractivity contribution in [1.82, 2.24) is 10.3 Å². The third kappa shape index (κ3) is 5.59. The molecule has 8 heteroatoms. The second-order valence-corrected chi connectivity index (χ2v) is 9.79. The number of ether oxygens (including phenoxy) is 1. The Morgan fingerprint density at radius 3 is 2.79 bits per heavy atom. The molecule has 29 heavy (non-hydrogen) atoms. The van der Waals surface area contributed by atoms with Crippen molar-refractivity contribution in [3.05, 3.63) is 35.7 Å². The van der Waals surface area contributed by atoms with Crippen LogP contribution in [0.2, 0.25) is 0 Å². The Balaban J connectivity index is 1.67. The zero-order valence-corrected chi connectivity index (χ0v) is 17.9. The van der Waals surface area contributed by atoms with Crippen molar-refractivity contribution in [2.75, 3.05) is 12.9 Å². The summed E-state index contributed by atoms with van der Waals surface area (Å²) >= 11 is 0. The van der Waals surface area contributed by atoms with E-state index in [4.69, 9.17) is 9.15 Å². The average Bonchev–Trinajstić information content (AvgIpc) is 3.03. The van der Waals surface area contributed by atoms with Gasteiger partial charge in [0, 0.05) is 11.6 Å². The Morgan fingerprint density at radius 1 is 1.31 bits per heavy atom. The van der Waals surface area contributed by atoms with E-state index in [2.05, 4.69) is 17.2 Å². The number of nitrogens with zero attached hydrogens (tertiary/aromatic N) is 1. The number of methoxy groups -OCH3 is 1. The molecule has 1 saturated carbocycles. The molecule has 0 saturated heterocycles. The van der Waals surface area contributed by atoms with Crippen LogP contribution in [0, 0.1) is 12.8 Å². The van der Waals surface area contributed by atoms with Gasteiger partial charge in [0.1, 0.15) is 17.3 Å². The number of benzene rings is 1. The van der Waals surface area contributed by atoms with Crippen LogP contribution >= 0.6 is 0 Å². The molecule has 1 aliphatic carbocycles. The fourth-order valence-corrected chi connectivity index (χ4v) is 4.95. The van der Waals surface area contributed by atoms with Gasteiger partial charge in [-0.25, -0.2) is 13.4 Å². The molecular formula is C21H28N2O5S. The van der Waals surface area contributed by atoms with Crippen LogP contribution in [0.3, 0.4) is 0 Å². The maximum absolute atomic E-state index is 12.6. The lowest BCUT2D eigenvalue weighted by Gasteiger charge is -2.29. The zero-order chi connectivity index (χ0) is 21.0. The summed E-state index contributed by atoms with van der Waals surface area (Å²) in [5, 5.41) is 2.89. The number of nitrogens with one attached hydrogen (secondary N) is 1. The Morgan fingerprint density at radius 2 is 2.07 bits per heavy atom. The first-order valence-electron chi connectivity index (χ1n) is 9.88. The molecule has 3 rings (SSSR count). The van der Waals surface area contributed by atoms with Crippen LogP contribution in [0.1, 0.15) is 44.1 Å². The number of rotatable bonds is 7. The number of hydrogen-bond acceptors (Lipinski definition) is 6. The normalized spacial score (nSPS) is 19.7. The highest BCUT2D eigenvalue weighted by atomic mass is 32.2. The summed E-state index contributed by atoms with van der Waals surface area (Å²) in [5.74, 6) is 0.453. The summed E-state index contributed by atoms with van der Waals surface area (Å²) < 4.78 is 36.0.